The summed E-state index contributed by atoms with van der Waals surface area (Å²) in [7, 11) is 0. The van der Waals surface area contributed by atoms with Crippen LogP contribution in [0.4, 0.5) is 18.9 Å². The molecule has 0 aliphatic carbocycles. The summed E-state index contributed by atoms with van der Waals surface area (Å²) in [4.78, 5) is 23.8. The van der Waals surface area contributed by atoms with Gasteiger partial charge in [-0.15, -0.1) is 0 Å². The Hall–Kier alpha value is -4.48. The lowest BCUT2D eigenvalue weighted by Gasteiger charge is -2.28. The third-order valence-corrected chi connectivity index (χ3v) is 7.23. The molecule has 1 fully saturated rings. The summed E-state index contributed by atoms with van der Waals surface area (Å²) >= 11 is 0. The van der Waals surface area contributed by atoms with Crippen LogP contribution in [0.1, 0.15) is 34.6 Å². The van der Waals surface area contributed by atoms with Crippen LogP contribution in [0.3, 0.4) is 0 Å². The van der Waals surface area contributed by atoms with Crippen LogP contribution in [0.25, 0.3) is 10.8 Å². The van der Waals surface area contributed by atoms with Gasteiger partial charge in [0.05, 0.1) is 12.1 Å². The second kappa shape index (κ2) is 12.8. The van der Waals surface area contributed by atoms with E-state index in [9.17, 15) is 18.0 Å². The molecule has 2 aliphatic heterocycles. The second-order valence-electron chi connectivity index (χ2n) is 10.2. The molecule has 43 heavy (non-hydrogen) atoms. The maximum absolute atomic E-state index is 13.9. The molecule has 3 heterocycles. The van der Waals surface area contributed by atoms with E-state index in [0.717, 1.165) is 42.3 Å². The van der Waals surface area contributed by atoms with Crippen LogP contribution < -0.4 is 20.7 Å². The van der Waals surface area contributed by atoms with Gasteiger partial charge in [0, 0.05) is 62.8 Å². The lowest BCUT2D eigenvalue weighted by atomic mass is 10.0. The molecule has 1 aromatic heterocycles. The highest BCUT2D eigenvalue weighted by molar-refractivity contribution is 6.06. The Labute approximate surface area is 248 Å². The second-order valence-corrected chi connectivity index (χ2v) is 10.2. The largest absolute Gasteiger partial charge is 0.457 e. The van der Waals surface area contributed by atoms with Crippen LogP contribution in [0.5, 0.6) is 11.5 Å². The van der Waals surface area contributed by atoms with E-state index >= 15 is 0 Å². The summed E-state index contributed by atoms with van der Waals surface area (Å²) < 4.78 is 47.9. The Morgan fingerprint density at radius 2 is 1.72 bits per heavy atom. The fourth-order valence-electron chi connectivity index (χ4n) is 5.11. The highest BCUT2D eigenvalue weighted by atomic mass is 19.4. The summed E-state index contributed by atoms with van der Waals surface area (Å²) in [6, 6.07) is 18.2. The van der Waals surface area contributed by atoms with Crippen LogP contribution in [0.2, 0.25) is 0 Å². The van der Waals surface area contributed by atoms with Crippen LogP contribution in [0, 0.1) is 0 Å². The number of carbonyl (C=O) groups is 1. The van der Waals surface area contributed by atoms with E-state index in [4.69, 9.17) is 4.74 Å². The van der Waals surface area contributed by atoms with E-state index in [0.29, 0.717) is 42.4 Å². The fraction of sp³-hybridized carbons (Fsp3) is 0.281. The monoisotopic (exact) mass is 590 g/mol. The minimum Gasteiger partial charge on any atom is -0.457 e. The van der Waals surface area contributed by atoms with Crippen molar-refractivity contribution in [2.75, 3.05) is 44.6 Å². The molecule has 6 rings (SSSR count). The molecule has 0 unspecified atom stereocenters. The zero-order valence-corrected chi connectivity index (χ0v) is 22.7. The third-order valence-electron chi connectivity index (χ3n) is 7.23. The Kier molecular flexibility index (Phi) is 8.93. The average molecular weight is 591 g/mol. The standard InChI is InChI=1S/C31H29F3N6O2.CH4/c32-31(33,34)27-17-24(5-3-22(27)19-40-13-11-35-12-14-40)39-30(41)21-2-1-20-4-6-25(16-23(20)15-21)42-26-7-8-36-28(18-26)29-37-9-10-38-29;/h1-8,15-18,35H,9-14,19H2,(H,37,38)(H,39,41);1H4. The van der Waals surface area contributed by atoms with Gasteiger partial charge < -0.3 is 20.7 Å². The van der Waals surface area contributed by atoms with Gasteiger partial charge in [-0.05, 0) is 58.8 Å². The number of halogens is 3. The highest BCUT2D eigenvalue weighted by Crippen LogP contribution is 2.35. The summed E-state index contributed by atoms with van der Waals surface area (Å²) in [6.07, 6.45) is -2.89. The molecule has 11 heteroatoms. The number of nitrogens with one attached hydrogen (secondary N) is 3. The minimum absolute atomic E-state index is 0. The van der Waals surface area contributed by atoms with Crippen molar-refractivity contribution < 1.29 is 22.7 Å². The minimum atomic E-state index is -4.54. The smallest absolute Gasteiger partial charge is 0.416 e. The van der Waals surface area contributed by atoms with E-state index in [1.807, 2.05) is 23.1 Å². The summed E-state index contributed by atoms with van der Waals surface area (Å²) in [5.74, 6) is 1.37. The molecule has 3 aromatic carbocycles. The van der Waals surface area contributed by atoms with Crippen molar-refractivity contribution in [2.24, 2.45) is 4.99 Å². The third kappa shape index (κ3) is 7.12. The zero-order chi connectivity index (χ0) is 29.1. The molecule has 0 atom stereocenters. The zero-order valence-electron chi connectivity index (χ0n) is 22.7. The number of aliphatic imine (C=N–C) groups is 1. The molecule has 0 bridgehead atoms. The molecule has 1 saturated heterocycles. The number of amides is 1. The number of pyridine rings is 1. The number of aromatic nitrogens is 1. The lowest BCUT2D eigenvalue weighted by Crippen LogP contribution is -2.43. The van der Waals surface area contributed by atoms with Gasteiger partial charge in [-0.2, -0.15) is 13.2 Å². The number of nitrogens with zero attached hydrogens (tertiary/aromatic N) is 3. The molecule has 1 amide bonds. The Bertz CT molecular complexity index is 1650. The number of benzene rings is 3. The molecular formula is C32H33F3N6O2. The number of alkyl halides is 3. The van der Waals surface area contributed by atoms with Crippen LogP contribution in [0.15, 0.2) is 77.9 Å². The predicted octanol–water partition coefficient (Wildman–Crippen LogP) is 5.69. The van der Waals surface area contributed by atoms with Crippen LogP contribution in [-0.4, -0.2) is 60.9 Å². The predicted molar refractivity (Wildman–Crippen MR) is 162 cm³/mol. The number of fused-ring (bicyclic) bond motifs is 1. The maximum Gasteiger partial charge on any atom is 0.416 e. The van der Waals surface area contributed by atoms with Crippen molar-refractivity contribution in [2.45, 2.75) is 20.1 Å². The quantitative estimate of drug-likeness (QED) is 0.256. The van der Waals surface area contributed by atoms with Crippen LogP contribution >= 0.6 is 0 Å². The number of hydrogen-bond donors (Lipinski definition) is 3. The topological polar surface area (TPSA) is 90.9 Å². The Balaban J connectivity index is 0.00000368. The van der Waals surface area contributed by atoms with E-state index in [-0.39, 0.29) is 25.2 Å². The highest BCUT2D eigenvalue weighted by Gasteiger charge is 2.34. The normalized spacial score (nSPS) is 15.4. The number of amidine groups is 1. The van der Waals surface area contributed by atoms with Gasteiger partial charge in [0.25, 0.3) is 5.91 Å². The Morgan fingerprint density at radius 1 is 0.930 bits per heavy atom. The number of rotatable bonds is 7. The molecule has 224 valence electrons. The molecule has 0 radical (unpaired) electrons. The van der Waals surface area contributed by atoms with Gasteiger partial charge in [0.1, 0.15) is 23.0 Å². The van der Waals surface area contributed by atoms with E-state index < -0.39 is 17.6 Å². The average Bonchev–Trinajstić information content (AvgIpc) is 3.53. The molecule has 0 spiro atoms. The van der Waals surface area contributed by atoms with Crippen molar-refractivity contribution in [3.63, 3.8) is 0 Å². The van der Waals surface area contributed by atoms with Crippen molar-refractivity contribution in [3.05, 3.63) is 95.3 Å². The van der Waals surface area contributed by atoms with Gasteiger partial charge in [-0.25, -0.2) is 0 Å². The first-order chi connectivity index (χ1) is 20.3. The molecule has 0 saturated carbocycles. The molecule has 3 N–H and O–H groups in total. The van der Waals surface area contributed by atoms with E-state index in [1.54, 1.807) is 36.5 Å². The first-order valence-electron chi connectivity index (χ1n) is 13.7. The first-order valence-corrected chi connectivity index (χ1v) is 13.7. The number of anilines is 1. The van der Waals surface area contributed by atoms with Gasteiger partial charge in [-0.3, -0.25) is 19.7 Å². The summed E-state index contributed by atoms with van der Waals surface area (Å²) in [5.41, 5.74) is 0.539. The molecule has 4 aromatic rings. The van der Waals surface area contributed by atoms with Crippen LogP contribution in [-0.2, 0) is 12.7 Å². The Morgan fingerprint density at radius 3 is 2.49 bits per heavy atom. The van der Waals surface area contributed by atoms with Gasteiger partial charge in [-0.1, -0.05) is 25.6 Å². The van der Waals surface area contributed by atoms with Crippen molar-refractivity contribution in [1.29, 1.82) is 0 Å². The number of piperazine rings is 1. The molecule has 2 aliphatic rings. The number of ether oxygens (including phenoxy) is 1. The van der Waals surface area contributed by atoms with E-state index in [2.05, 4.69) is 25.9 Å². The van der Waals surface area contributed by atoms with Crippen molar-refractivity contribution in [1.82, 2.24) is 20.5 Å². The number of carbonyl (C=O) groups excluding carboxylic acids is 1. The fourth-order valence-corrected chi connectivity index (χ4v) is 5.11. The SMILES string of the molecule is C.O=C(Nc1ccc(CN2CCNCC2)c(C(F)(F)F)c1)c1ccc2ccc(Oc3ccnc(C4=NCCN4)c3)cc2c1. The number of hydrogen-bond acceptors (Lipinski definition) is 7. The van der Waals surface area contributed by atoms with Gasteiger partial charge >= 0.3 is 6.18 Å². The maximum atomic E-state index is 13.9. The molecular weight excluding hydrogens is 557 g/mol. The van der Waals surface area contributed by atoms with E-state index in [1.165, 1.54) is 12.1 Å². The van der Waals surface area contributed by atoms with Crippen molar-refractivity contribution >= 4 is 28.2 Å². The molecule has 8 nitrogen and oxygen atoms in total. The summed E-state index contributed by atoms with van der Waals surface area (Å²) in [5, 5.41) is 10.7. The lowest BCUT2D eigenvalue weighted by molar-refractivity contribution is -0.138. The van der Waals surface area contributed by atoms with Gasteiger partial charge in [0.15, 0.2) is 0 Å². The van der Waals surface area contributed by atoms with Crippen molar-refractivity contribution in [3.8, 4) is 11.5 Å². The summed E-state index contributed by atoms with van der Waals surface area (Å²) in [6.45, 7) is 4.53. The van der Waals surface area contributed by atoms with Gasteiger partial charge in [0.2, 0.25) is 0 Å². The first kappa shape index (κ1) is 30.0.